The summed E-state index contributed by atoms with van der Waals surface area (Å²) in [5, 5.41) is 2.18. The third kappa shape index (κ3) is 2.13. The van der Waals surface area contributed by atoms with E-state index in [1.54, 1.807) is 0 Å². The Bertz CT molecular complexity index is 572. The van der Waals surface area contributed by atoms with Gasteiger partial charge >= 0.3 is 0 Å². The summed E-state index contributed by atoms with van der Waals surface area (Å²) < 4.78 is 0. The van der Waals surface area contributed by atoms with Crippen LogP contribution >= 0.6 is 23.6 Å². The van der Waals surface area contributed by atoms with Crippen molar-refractivity contribution in [2.45, 2.75) is 13.0 Å². The summed E-state index contributed by atoms with van der Waals surface area (Å²) in [7, 11) is 0. The first-order chi connectivity index (χ1) is 8.74. The number of benzene rings is 1. The first kappa shape index (κ1) is 11.7. The van der Waals surface area contributed by atoms with Gasteiger partial charge in [-0.2, -0.15) is 0 Å². The predicted octanol–water partition coefficient (Wildman–Crippen LogP) is 2.95. The first-order valence-corrected chi connectivity index (χ1v) is 7.23. The molecule has 1 aromatic carbocycles. The molecule has 0 aliphatic carbocycles. The van der Waals surface area contributed by atoms with Crippen molar-refractivity contribution in [3.05, 3.63) is 51.7 Å². The van der Waals surface area contributed by atoms with Crippen molar-refractivity contribution < 1.29 is 0 Å². The van der Waals surface area contributed by atoms with E-state index in [9.17, 15) is 0 Å². The number of hydrogen-bond acceptors (Lipinski definition) is 3. The van der Waals surface area contributed by atoms with Gasteiger partial charge in [-0.15, -0.1) is 11.3 Å². The fourth-order valence-electron chi connectivity index (χ4n) is 2.31. The number of thiophene rings is 1. The van der Waals surface area contributed by atoms with Gasteiger partial charge in [0.05, 0.1) is 0 Å². The number of nitrogens with two attached hydrogens (primary N) is 1. The summed E-state index contributed by atoms with van der Waals surface area (Å²) >= 11 is 6.84. The molecular weight excluding hydrogens is 260 g/mol. The van der Waals surface area contributed by atoms with E-state index in [1.807, 2.05) is 23.5 Å². The highest BCUT2D eigenvalue weighted by atomic mass is 32.1. The average molecular weight is 274 g/mol. The molecule has 1 aromatic heterocycles. The van der Waals surface area contributed by atoms with Gasteiger partial charge < -0.3 is 10.6 Å². The molecule has 0 atom stereocenters. The van der Waals surface area contributed by atoms with Crippen LogP contribution in [0.3, 0.4) is 0 Å². The molecule has 3 rings (SSSR count). The van der Waals surface area contributed by atoms with E-state index in [-0.39, 0.29) is 0 Å². The van der Waals surface area contributed by atoms with E-state index < -0.39 is 0 Å². The smallest absolute Gasteiger partial charge is 0.103 e. The number of fused-ring (bicyclic) bond motifs is 1. The zero-order valence-corrected chi connectivity index (χ0v) is 11.6. The quantitative estimate of drug-likeness (QED) is 0.854. The molecule has 2 N–H and O–H groups in total. The van der Waals surface area contributed by atoms with Gasteiger partial charge in [0.15, 0.2) is 0 Å². The second kappa shape index (κ2) is 4.71. The number of nitrogens with zero attached hydrogens (tertiary/aromatic N) is 1. The molecule has 0 spiro atoms. The van der Waals surface area contributed by atoms with Gasteiger partial charge in [-0.05, 0) is 47.7 Å². The maximum absolute atomic E-state index is 5.61. The van der Waals surface area contributed by atoms with E-state index >= 15 is 0 Å². The van der Waals surface area contributed by atoms with Crippen molar-refractivity contribution >= 4 is 34.2 Å². The maximum atomic E-state index is 5.61. The fraction of sp³-hybridized carbons (Fsp3) is 0.214. The van der Waals surface area contributed by atoms with E-state index in [1.165, 1.54) is 16.1 Å². The van der Waals surface area contributed by atoms with E-state index in [0.29, 0.717) is 4.99 Å². The molecule has 0 amide bonds. The zero-order chi connectivity index (χ0) is 12.5. The number of rotatable bonds is 2. The van der Waals surface area contributed by atoms with Gasteiger partial charge in [0, 0.05) is 29.2 Å². The van der Waals surface area contributed by atoms with Crippen LogP contribution in [0.5, 0.6) is 0 Å². The largest absolute Gasteiger partial charge is 0.389 e. The standard InChI is InChI=1S/C14H14N2S2/c15-14(17)10-1-3-12(4-2-10)16-7-5-13-11(9-16)6-8-18-13/h1-4,6,8H,5,7,9H2,(H2,15,17). The molecule has 2 nitrogen and oxygen atoms in total. The summed E-state index contributed by atoms with van der Waals surface area (Å²) in [5.41, 5.74) is 9.25. The molecule has 0 bridgehead atoms. The van der Waals surface area contributed by atoms with Crippen molar-refractivity contribution in [1.29, 1.82) is 0 Å². The average Bonchev–Trinajstić information content (AvgIpc) is 2.86. The second-order valence-electron chi connectivity index (χ2n) is 4.45. The lowest BCUT2D eigenvalue weighted by Gasteiger charge is -2.29. The van der Waals surface area contributed by atoms with Crippen LogP contribution in [0.4, 0.5) is 5.69 Å². The monoisotopic (exact) mass is 274 g/mol. The van der Waals surface area contributed by atoms with Gasteiger partial charge in [0.2, 0.25) is 0 Å². The molecule has 1 aliphatic rings. The summed E-state index contributed by atoms with van der Waals surface area (Å²) in [6.45, 7) is 2.09. The molecule has 0 fully saturated rings. The van der Waals surface area contributed by atoms with Crippen LogP contribution in [0.2, 0.25) is 0 Å². The Morgan fingerprint density at radius 3 is 2.72 bits per heavy atom. The molecule has 0 saturated carbocycles. The van der Waals surface area contributed by atoms with Gasteiger partial charge in [0.1, 0.15) is 4.99 Å². The fourth-order valence-corrected chi connectivity index (χ4v) is 3.33. The number of hydrogen-bond donors (Lipinski definition) is 1. The lowest BCUT2D eigenvalue weighted by atomic mass is 10.1. The lowest BCUT2D eigenvalue weighted by Crippen LogP contribution is -2.29. The van der Waals surface area contributed by atoms with Gasteiger partial charge in [-0.1, -0.05) is 12.2 Å². The van der Waals surface area contributed by atoms with Crippen molar-refractivity contribution in [3.8, 4) is 0 Å². The Labute approximate surface area is 116 Å². The molecule has 4 heteroatoms. The van der Waals surface area contributed by atoms with E-state index in [2.05, 4.69) is 28.5 Å². The minimum Gasteiger partial charge on any atom is -0.389 e. The van der Waals surface area contributed by atoms with Crippen LogP contribution < -0.4 is 10.6 Å². The molecule has 0 saturated heterocycles. The van der Waals surface area contributed by atoms with E-state index in [4.69, 9.17) is 18.0 Å². The summed E-state index contributed by atoms with van der Waals surface area (Å²) in [6, 6.07) is 10.4. The SMILES string of the molecule is NC(=S)c1ccc(N2CCc3sccc3C2)cc1. The summed E-state index contributed by atoms with van der Waals surface area (Å²) in [5.74, 6) is 0. The molecule has 2 heterocycles. The third-order valence-electron chi connectivity index (χ3n) is 3.32. The Balaban J connectivity index is 1.82. The number of anilines is 1. The molecule has 1 aliphatic heterocycles. The summed E-state index contributed by atoms with van der Waals surface area (Å²) in [4.78, 5) is 4.39. The third-order valence-corrected chi connectivity index (χ3v) is 4.58. The Kier molecular flexibility index (Phi) is 3.06. The van der Waals surface area contributed by atoms with Crippen LogP contribution in [0, 0.1) is 0 Å². The zero-order valence-electron chi connectivity index (χ0n) is 9.93. The van der Waals surface area contributed by atoms with Gasteiger partial charge in [-0.25, -0.2) is 0 Å². The minimum absolute atomic E-state index is 0.459. The summed E-state index contributed by atoms with van der Waals surface area (Å²) in [6.07, 6.45) is 1.14. The van der Waals surface area contributed by atoms with Crippen molar-refractivity contribution in [3.63, 3.8) is 0 Å². The van der Waals surface area contributed by atoms with Crippen LogP contribution in [0.15, 0.2) is 35.7 Å². The second-order valence-corrected chi connectivity index (χ2v) is 5.89. The molecular formula is C14H14N2S2. The molecule has 18 heavy (non-hydrogen) atoms. The van der Waals surface area contributed by atoms with E-state index in [0.717, 1.165) is 25.1 Å². The lowest BCUT2D eigenvalue weighted by molar-refractivity contribution is 0.744. The van der Waals surface area contributed by atoms with Gasteiger partial charge in [-0.3, -0.25) is 0 Å². The van der Waals surface area contributed by atoms with Crippen LogP contribution in [-0.4, -0.2) is 11.5 Å². The van der Waals surface area contributed by atoms with Crippen LogP contribution in [-0.2, 0) is 13.0 Å². The molecule has 92 valence electrons. The highest BCUT2D eigenvalue weighted by Gasteiger charge is 2.17. The molecule has 0 unspecified atom stereocenters. The van der Waals surface area contributed by atoms with Gasteiger partial charge in [0.25, 0.3) is 0 Å². The Morgan fingerprint density at radius 2 is 2.00 bits per heavy atom. The Hall–Kier alpha value is -1.39. The maximum Gasteiger partial charge on any atom is 0.103 e. The van der Waals surface area contributed by atoms with Crippen LogP contribution in [0.1, 0.15) is 16.0 Å². The number of thiocarbonyl (C=S) groups is 1. The van der Waals surface area contributed by atoms with Crippen molar-refractivity contribution in [2.75, 3.05) is 11.4 Å². The topological polar surface area (TPSA) is 29.3 Å². The van der Waals surface area contributed by atoms with Crippen LogP contribution in [0.25, 0.3) is 0 Å². The molecule has 0 radical (unpaired) electrons. The highest BCUT2D eigenvalue weighted by Crippen LogP contribution is 2.27. The van der Waals surface area contributed by atoms with Crippen molar-refractivity contribution in [2.24, 2.45) is 5.73 Å². The highest BCUT2D eigenvalue weighted by molar-refractivity contribution is 7.80. The Morgan fingerprint density at radius 1 is 1.22 bits per heavy atom. The minimum atomic E-state index is 0.459. The predicted molar refractivity (Wildman–Crippen MR) is 81.4 cm³/mol. The first-order valence-electron chi connectivity index (χ1n) is 5.94. The van der Waals surface area contributed by atoms with Crippen molar-refractivity contribution in [1.82, 2.24) is 0 Å². The molecule has 2 aromatic rings. The normalized spacial score (nSPS) is 14.3.